The lowest BCUT2D eigenvalue weighted by Crippen LogP contribution is -2.39. The van der Waals surface area contributed by atoms with Gasteiger partial charge in [0.25, 0.3) is 0 Å². The Morgan fingerprint density at radius 2 is 1.86 bits per heavy atom. The number of rotatable bonds is 6. The minimum Gasteiger partial charge on any atom is -0.462 e. The molecule has 2 rings (SSSR count). The second-order valence-corrected chi connectivity index (χ2v) is 5.65. The van der Waals surface area contributed by atoms with Crippen LogP contribution < -0.4 is 0 Å². The Kier molecular flexibility index (Phi) is 5.93. The third kappa shape index (κ3) is 5.68. The maximum absolute atomic E-state index is 11.5. The Balaban J connectivity index is 1.66. The molecule has 0 amide bonds. The van der Waals surface area contributed by atoms with Gasteiger partial charge in [0.15, 0.2) is 0 Å². The van der Waals surface area contributed by atoms with Crippen molar-refractivity contribution < 1.29 is 14.3 Å². The summed E-state index contributed by atoms with van der Waals surface area (Å²) in [7, 11) is 0. The van der Waals surface area contributed by atoms with Gasteiger partial charge in [0.2, 0.25) is 0 Å². The molecule has 1 heterocycles. The van der Waals surface area contributed by atoms with Crippen molar-refractivity contribution >= 4 is 11.8 Å². The van der Waals surface area contributed by atoms with E-state index >= 15 is 0 Å². The summed E-state index contributed by atoms with van der Waals surface area (Å²) in [5.74, 6) is -0.523. The maximum atomic E-state index is 11.5. The number of hydrogen-bond donors (Lipinski definition) is 0. The molecule has 1 aromatic rings. The van der Waals surface area contributed by atoms with E-state index in [-0.39, 0.29) is 24.3 Å². The zero-order chi connectivity index (χ0) is 15.1. The van der Waals surface area contributed by atoms with Gasteiger partial charge in [-0.1, -0.05) is 30.3 Å². The van der Waals surface area contributed by atoms with Gasteiger partial charge in [-0.15, -0.1) is 0 Å². The van der Waals surface area contributed by atoms with Crippen LogP contribution in [-0.4, -0.2) is 42.4 Å². The van der Waals surface area contributed by atoms with Gasteiger partial charge in [0.05, 0.1) is 0 Å². The number of likely N-dealkylation sites (tertiary alicyclic amines) is 1. The summed E-state index contributed by atoms with van der Waals surface area (Å²) in [4.78, 5) is 24.7. The molecule has 0 bridgehead atoms. The van der Waals surface area contributed by atoms with Crippen molar-refractivity contribution in [1.29, 1.82) is 0 Å². The summed E-state index contributed by atoms with van der Waals surface area (Å²) in [5, 5.41) is 0. The largest absolute Gasteiger partial charge is 0.462 e. The van der Waals surface area contributed by atoms with Crippen molar-refractivity contribution in [2.45, 2.75) is 38.7 Å². The molecule has 0 saturated carbocycles. The summed E-state index contributed by atoms with van der Waals surface area (Å²) < 4.78 is 5.33. The fraction of sp³-hybridized carbons (Fsp3) is 0.529. The molecular formula is C17H23NO3. The number of nitrogens with zero attached hydrogens (tertiary/aromatic N) is 1. The summed E-state index contributed by atoms with van der Waals surface area (Å²) in [6.07, 6.45) is 2.64. The quantitative estimate of drug-likeness (QED) is 0.595. The summed E-state index contributed by atoms with van der Waals surface area (Å²) in [6, 6.07) is 10.5. The zero-order valence-electron chi connectivity index (χ0n) is 12.6. The van der Waals surface area contributed by atoms with Crippen LogP contribution in [0.1, 0.15) is 31.7 Å². The van der Waals surface area contributed by atoms with Crippen LogP contribution in [0.3, 0.4) is 0 Å². The number of ether oxygens (including phenoxy) is 1. The molecule has 0 aliphatic carbocycles. The number of carbonyl (C=O) groups is 2. The lowest BCUT2D eigenvalue weighted by molar-refractivity contribution is -0.152. The maximum Gasteiger partial charge on any atom is 0.313 e. The second kappa shape index (κ2) is 7.93. The average molecular weight is 289 g/mol. The van der Waals surface area contributed by atoms with Crippen LogP contribution in [0.5, 0.6) is 0 Å². The molecule has 0 spiro atoms. The highest BCUT2D eigenvalue weighted by atomic mass is 16.5. The smallest absolute Gasteiger partial charge is 0.313 e. The standard InChI is InChI=1S/C17H23NO3/c1-14(19)13-17(20)21-16-8-11-18(12-9-16)10-7-15-5-3-2-4-6-15/h2-6,16H,7-13H2,1H3. The van der Waals surface area contributed by atoms with Crippen LogP contribution in [0.25, 0.3) is 0 Å². The Morgan fingerprint density at radius 3 is 2.48 bits per heavy atom. The normalized spacial score (nSPS) is 16.6. The predicted octanol–water partition coefficient (Wildman–Crippen LogP) is 2.22. The molecule has 0 N–H and O–H groups in total. The molecule has 1 aliphatic heterocycles. The average Bonchev–Trinajstić information content (AvgIpc) is 2.47. The van der Waals surface area contributed by atoms with E-state index in [1.807, 2.05) is 6.07 Å². The Morgan fingerprint density at radius 1 is 1.19 bits per heavy atom. The molecule has 0 atom stereocenters. The lowest BCUT2D eigenvalue weighted by atomic mass is 10.1. The third-order valence-corrected chi connectivity index (χ3v) is 3.79. The highest BCUT2D eigenvalue weighted by molar-refractivity contribution is 5.94. The minimum atomic E-state index is -0.384. The van der Waals surface area contributed by atoms with Crippen molar-refractivity contribution in [3.8, 4) is 0 Å². The van der Waals surface area contributed by atoms with Gasteiger partial charge < -0.3 is 9.64 Å². The topological polar surface area (TPSA) is 46.6 Å². The SMILES string of the molecule is CC(=O)CC(=O)OC1CCN(CCc2ccccc2)CC1. The fourth-order valence-corrected chi connectivity index (χ4v) is 2.61. The third-order valence-electron chi connectivity index (χ3n) is 3.79. The van der Waals surface area contributed by atoms with Crippen molar-refractivity contribution in [3.63, 3.8) is 0 Å². The van der Waals surface area contributed by atoms with E-state index in [9.17, 15) is 9.59 Å². The van der Waals surface area contributed by atoms with E-state index in [4.69, 9.17) is 4.74 Å². The molecule has 21 heavy (non-hydrogen) atoms. The van der Waals surface area contributed by atoms with Crippen molar-refractivity contribution in [2.24, 2.45) is 0 Å². The van der Waals surface area contributed by atoms with Gasteiger partial charge >= 0.3 is 5.97 Å². The van der Waals surface area contributed by atoms with E-state index in [1.165, 1.54) is 12.5 Å². The molecular weight excluding hydrogens is 266 g/mol. The van der Waals surface area contributed by atoms with Crippen molar-refractivity contribution in [3.05, 3.63) is 35.9 Å². The molecule has 4 heteroatoms. The van der Waals surface area contributed by atoms with E-state index in [0.717, 1.165) is 38.9 Å². The van der Waals surface area contributed by atoms with Crippen LogP contribution in [0, 0.1) is 0 Å². The molecule has 1 fully saturated rings. The summed E-state index contributed by atoms with van der Waals surface area (Å²) in [6.45, 7) is 4.35. The van der Waals surface area contributed by atoms with Crippen LogP contribution >= 0.6 is 0 Å². The van der Waals surface area contributed by atoms with Gasteiger partial charge in [-0.2, -0.15) is 0 Å². The second-order valence-electron chi connectivity index (χ2n) is 5.65. The first kappa shape index (κ1) is 15.7. The number of ketones is 1. The van der Waals surface area contributed by atoms with Crippen LogP contribution in [0.15, 0.2) is 30.3 Å². The van der Waals surface area contributed by atoms with Gasteiger partial charge in [0.1, 0.15) is 18.3 Å². The van der Waals surface area contributed by atoms with E-state index in [1.54, 1.807) is 0 Å². The van der Waals surface area contributed by atoms with Gasteiger partial charge in [0, 0.05) is 19.6 Å². The predicted molar refractivity (Wildman–Crippen MR) is 81.0 cm³/mol. The van der Waals surface area contributed by atoms with Crippen LogP contribution in [0.2, 0.25) is 0 Å². The lowest BCUT2D eigenvalue weighted by Gasteiger charge is -2.31. The number of carbonyl (C=O) groups excluding carboxylic acids is 2. The number of esters is 1. The zero-order valence-corrected chi connectivity index (χ0v) is 12.6. The summed E-state index contributed by atoms with van der Waals surface area (Å²) in [5.41, 5.74) is 1.35. The molecule has 1 aliphatic rings. The Labute approximate surface area is 126 Å². The molecule has 0 unspecified atom stereocenters. The first-order valence-corrected chi connectivity index (χ1v) is 7.58. The Hall–Kier alpha value is -1.68. The highest BCUT2D eigenvalue weighted by Crippen LogP contribution is 2.15. The summed E-state index contributed by atoms with van der Waals surface area (Å²) >= 11 is 0. The molecule has 1 aromatic carbocycles. The molecule has 1 saturated heterocycles. The van der Waals surface area contributed by atoms with Crippen molar-refractivity contribution in [2.75, 3.05) is 19.6 Å². The van der Waals surface area contributed by atoms with E-state index < -0.39 is 0 Å². The van der Waals surface area contributed by atoms with Crippen LogP contribution in [0.4, 0.5) is 0 Å². The molecule has 0 radical (unpaired) electrons. The highest BCUT2D eigenvalue weighted by Gasteiger charge is 2.22. The minimum absolute atomic E-state index is 0.0233. The van der Waals surface area contributed by atoms with Crippen LogP contribution in [-0.2, 0) is 20.7 Å². The molecule has 4 nitrogen and oxygen atoms in total. The van der Waals surface area contributed by atoms with Gasteiger partial charge in [-0.05, 0) is 31.7 Å². The Bertz CT molecular complexity index is 464. The first-order valence-electron chi connectivity index (χ1n) is 7.58. The van der Waals surface area contributed by atoms with E-state index in [2.05, 4.69) is 29.2 Å². The fourth-order valence-electron chi connectivity index (χ4n) is 2.61. The number of hydrogen-bond acceptors (Lipinski definition) is 4. The van der Waals surface area contributed by atoms with Crippen molar-refractivity contribution in [1.82, 2.24) is 4.90 Å². The number of piperidine rings is 1. The number of Topliss-reactive ketones (excluding diaryl/α,β-unsaturated/α-hetero) is 1. The molecule has 114 valence electrons. The number of benzene rings is 1. The first-order chi connectivity index (χ1) is 10.1. The van der Waals surface area contributed by atoms with Gasteiger partial charge in [-0.25, -0.2) is 0 Å². The monoisotopic (exact) mass is 289 g/mol. The van der Waals surface area contributed by atoms with Gasteiger partial charge in [-0.3, -0.25) is 9.59 Å². The van der Waals surface area contributed by atoms with E-state index in [0.29, 0.717) is 0 Å². The molecule has 0 aromatic heterocycles.